The molecule has 0 aliphatic heterocycles. The summed E-state index contributed by atoms with van der Waals surface area (Å²) in [5, 5.41) is 6.22. The third kappa shape index (κ3) is 4.69. The minimum atomic E-state index is -0.116. The van der Waals surface area contributed by atoms with E-state index in [1.807, 2.05) is 0 Å². The molecule has 0 atom stereocenters. The Morgan fingerprint density at radius 1 is 1.29 bits per heavy atom. The predicted octanol–water partition coefficient (Wildman–Crippen LogP) is 3.00. The summed E-state index contributed by atoms with van der Waals surface area (Å²) in [5.74, 6) is 0.599. The van der Waals surface area contributed by atoms with Crippen LogP contribution in [0.2, 0.25) is 0 Å². The average Bonchev–Trinajstić information content (AvgIpc) is 2.48. The van der Waals surface area contributed by atoms with Crippen molar-refractivity contribution in [3.63, 3.8) is 0 Å². The summed E-state index contributed by atoms with van der Waals surface area (Å²) in [4.78, 5) is 20.6. The normalized spacial score (nSPS) is 18.2. The lowest BCUT2D eigenvalue weighted by molar-refractivity contribution is 0.0903. The van der Waals surface area contributed by atoms with Crippen molar-refractivity contribution >= 4 is 11.7 Å². The maximum absolute atomic E-state index is 12.2. The SMILES string of the molecule is CCCNc1cnc(C(=O)NC2CCC(C)(C)CC2)cn1. The highest BCUT2D eigenvalue weighted by atomic mass is 16.1. The van der Waals surface area contributed by atoms with Gasteiger partial charge < -0.3 is 10.6 Å². The molecule has 0 saturated heterocycles. The van der Waals surface area contributed by atoms with E-state index in [4.69, 9.17) is 0 Å². The maximum Gasteiger partial charge on any atom is 0.271 e. The van der Waals surface area contributed by atoms with Crippen LogP contribution in [-0.4, -0.2) is 28.5 Å². The number of anilines is 1. The highest BCUT2D eigenvalue weighted by Gasteiger charge is 2.27. The highest BCUT2D eigenvalue weighted by molar-refractivity contribution is 5.92. The molecule has 0 spiro atoms. The van der Waals surface area contributed by atoms with Gasteiger partial charge in [0.1, 0.15) is 11.5 Å². The second kappa shape index (κ2) is 6.87. The van der Waals surface area contributed by atoms with Crippen molar-refractivity contribution in [2.45, 2.75) is 58.9 Å². The Kier molecular flexibility index (Phi) is 5.15. The van der Waals surface area contributed by atoms with E-state index in [2.05, 4.69) is 41.4 Å². The van der Waals surface area contributed by atoms with Crippen molar-refractivity contribution in [2.75, 3.05) is 11.9 Å². The first kappa shape index (κ1) is 15.7. The molecule has 0 unspecified atom stereocenters. The number of nitrogens with zero attached hydrogens (tertiary/aromatic N) is 2. The molecule has 2 rings (SSSR count). The van der Waals surface area contributed by atoms with Crippen molar-refractivity contribution in [1.29, 1.82) is 0 Å². The number of hydrogen-bond donors (Lipinski definition) is 2. The molecule has 1 aromatic heterocycles. The Bertz CT molecular complexity index is 460. The monoisotopic (exact) mass is 290 g/mol. The van der Waals surface area contributed by atoms with Gasteiger partial charge in [-0.3, -0.25) is 4.79 Å². The zero-order chi connectivity index (χ0) is 15.3. The van der Waals surface area contributed by atoms with Gasteiger partial charge in [-0.2, -0.15) is 0 Å². The minimum Gasteiger partial charge on any atom is -0.369 e. The molecule has 1 aliphatic rings. The van der Waals surface area contributed by atoms with Gasteiger partial charge in [0.15, 0.2) is 0 Å². The molecule has 5 nitrogen and oxygen atoms in total. The Labute approximate surface area is 127 Å². The largest absolute Gasteiger partial charge is 0.369 e. The lowest BCUT2D eigenvalue weighted by atomic mass is 9.75. The van der Waals surface area contributed by atoms with Gasteiger partial charge in [0, 0.05) is 12.6 Å². The van der Waals surface area contributed by atoms with Crippen molar-refractivity contribution in [3.05, 3.63) is 18.1 Å². The zero-order valence-corrected chi connectivity index (χ0v) is 13.3. The summed E-state index contributed by atoms with van der Waals surface area (Å²) in [7, 11) is 0. The van der Waals surface area contributed by atoms with Crippen LogP contribution in [0.15, 0.2) is 12.4 Å². The standard InChI is InChI=1S/C16H26N4O/c1-4-9-17-14-11-18-13(10-19-14)15(21)20-12-5-7-16(2,3)8-6-12/h10-12H,4-9H2,1-3H3,(H,17,19)(H,20,21). The Hall–Kier alpha value is -1.65. The molecule has 1 aliphatic carbocycles. The van der Waals surface area contributed by atoms with Crippen LogP contribution in [0.3, 0.4) is 0 Å². The van der Waals surface area contributed by atoms with Crippen molar-refractivity contribution < 1.29 is 4.79 Å². The molecule has 0 radical (unpaired) electrons. The Morgan fingerprint density at radius 2 is 2.00 bits per heavy atom. The second-order valence-electron chi connectivity index (χ2n) is 6.63. The molecule has 0 aromatic carbocycles. The van der Waals surface area contributed by atoms with Gasteiger partial charge in [-0.05, 0) is 37.5 Å². The number of aromatic nitrogens is 2. The van der Waals surface area contributed by atoms with Gasteiger partial charge in [0.2, 0.25) is 0 Å². The van der Waals surface area contributed by atoms with Gasteiger partial charge in [0.25, 0.3) is 5.91 Å². The molecule has 1 amide bonds. The third-order valence-corrected chi connectivity index (χ3v) is 4.11. The Balaban J connectivity index is 1.86. The summed E-state index contributed by atoms with van der Waals surface area (Å²) in [6.07, 6.45) is 8.59. The Morgan fingerprint density at radius 3 is 2.57 bits per heavy atom. The summed E-state index contributed by atoms with van der Waals surface area (Å²) in [6, 6.07) is 0.269. The third-order valence-electron chi connectivity index (χ3n) is 4.11. The number of nitrogens with one attached hydrogen (secondary N) is 2. The van der Waals surface area contributed by atoms with Gasteiger partial charge in [-0.15, -0.1) is 0 Å². The van der Waals surface area contributed by atoms with Gasteiger partial charge in [0.05, 0.1) is 12.4 Å². The first-order chi connectivity index (χ1) is 10.00. The summed E-state index contributed by atoms with van der Waals surface area (Å²) < 4.78 is 0. The molecule has 2 N–H and O–H groups in total. The van der Waals surface area contributed by atoms with Crippen LogP contribution < -0.4 is 10.6 Å². The van der Waals surface area contributed by atoms with Crippen LogP contribution in [0.4, 0.5) is 5.82 Å². The van der Waals surface area contributed by atoms with Crippen LogP contribution in [0.1, 0.15) is 63.4 Å². The smallest absolute Gasteiger partial charge is 0.271 e. The first-order valence-electron chi connectivity index (χ1n) is 7.87. The summed E-state index contributed by atoms with van der Waals surface area (Å²) >= 11 is 0. The topological polar surface area (TPSA) is 66.9 Å². The zero-order valence-electron chi connectivity index (χ0n) is 13.3. The maximum atomic E-state index is 12.2. The van der Waals surface area contributed by atoms with E-state index in [0.717, 1.165) is 38.6 Å². The van der Waals surface area contributed by atoms with Crippen molar-refractivity contribution in [3.8, 4) is 0 Å². The van der Waals surface area contributed by atoms with E-state index in [1.54, 1.807) is 12.4 Å². The quantitative estimate of drug-likeness (QED) is 0.875. The van der Waals surface area contributed by atoms with Crippen LogP contribution in [0.5, 0.6) is 0 Å². The molecule has 1 saturated carbocycles. The number of carbonyl (C=O) groups is 1. The minimum absolute atomic E-state index is 0.116. The number of hydrogen-bond acceptors (Lipinski definition) is 4. The molecule has 1 fully saturated rings. The summed E-state index contributed by atoms with van der Waals surface area (Å²) in [5.41, 5.74) is 0.801. The molecule has 1 aromatic rings. The van der Waals surface area contributed by atoms with E-state index in [1.165, 1.54) is 0 Å². The van der Waals surface area contributed by atoms with Crippen LogP contribution in [0.25, 0.3) is 0 Å². The molecule has 0 bridgehead atoms. The average molecular weight is 290 g/mol. The lowest BCUT2D eigenvalue weighted by Gasteiger charge is -2.34. The molecule has 116 valence electrons. The lowest BCUT2D eigenvalue weighted by Crippen LogP contribution is -2.39. The van der Waals surface area contributed by atoms with Crippen LogP contribution >= 0.6 is 0 Å². The first-order valence-corrected chi connectivity index (χ1v) is 7.87. The van der Waals surface area contributed by atoms with E-state index >= 15 is 0 Å². The number of rotatable bonds is 5. The molecular weight excluding hydrogens is 264 g/mol. The fourth-order valence-corrected chi connectivity index (χ4v) is 2.59. The molecule has 1 heterocycles. The number of carbonyl (C=O) groups excluding carboxylic acids is 1. The van der Waals surface area contributed by atoms with Crippen LogP contribution in [-0.2, 0) is 0 Å². The van der Waals surface area contributed by atoms with Gasteiger partial charge in [-0.1, -0.05) is 20.8 Å². The fourth-order valence-electron chi connectivity index (χ4n) is 2.59. The van der Waals surface area contributed by atoms with E-state index in [9.17, 15) is 4.79 Å². The number of amides is 1. The van der Waals surface area contributed by atoms with Gasteiger partial charge >= 0.3 is 0 Å². The molecule has 5 heteroatoms. The van der Waals surface area contributed by atoms with Crippen molar-refractivity contribution in [1.82, 2.24) is 15.3 Å². The van der Waals surface area contributed by atoms with Gasteiger partial charge in [-0.25, -0.2) is 9.97 Å². The van der Waals surface area contributed by atoms with E-state index < -0.39 is 0 Å². The predicted molar refractivity (Wildman–Crippen MR) is 84.3 cm³/mol. The highest BCUT2D eigenvalue weighted by Crippen LogP contribution is 2.34. The summed E-state index contributed by atoms with van der Waals surface area (Å²) in [6.45, 7) is 7.53. The second-order valence-corrected chi connectivity index (χ2v) is 6.63. The molecule has 21 heavy (non-hydrogen) atoms. The van der Waals surface area contributed by atoms with Crippen molar-refractivity contribution in [2.24, 2.45) is 5.41 Å². The fraction of sp³-hybridized carbons (Fsp3) is 0.688. The van der Waals surface area contributed by atoms with E-state index in [0.29, 0.717) is 16.9 Å². The van der Waals surface area contributed by atoms with Crippen LogP contribution in [0, 0.1) is 5.41 Å². The van der Waals surface area contributed by atoms with E-state index in [-0.39, 0.29) is 11.9 Å². The molecular formula is C16H26N4O.